The SMILES string of the molecule is CCOC(=O)C(NC(=S)S)C(C)C[C](C)C. The van der Waals surface area contributed by atoms with Gasteiger partial charge in [0.2, 0.25) is 0 Å². The van der Waals surface area contributed by atoms with Crippen LogP contribution < -0.4 is 5.32 Å². The molecule has 0 bridgehead atoms. The molecule has 2 unspecified atom stereocenters. The zero-order chi connectivity index (χ0) is 12.7. The van der Waals surface area contributed by atoms with E-state index in [1.165, 1.54) is 5.92 Å². The number of thiol groups is 1. The summed E-state index contributed by atoms with van der Waals surface area (Å²) in [5, 5.41) is 2.88. The Kier molecular flexibility index (Phi) is 7.76. The first kappa shape index (κ1) is 15.7. The zero-order valence-electron chi connectivity index (χ0n) is 10.2. The third kappa shape index (κ3) is 6.33. The molecule has 0 aromatic heterocycles. The molecule has 0 rings (SSSR count). The van der Waals surface area contributed by atoms with Gasteiger partial charge in [-0.05, 0) is 25.2 Å². The molecule has 0 aliphatic heterocycles. The van der Waals surface area contributed by atoms with Crippen LogP contribution in [0.1, 0.15) is 34.1 Å². The quantitative estimate of drug-likeness (QED) is 0.438. The number of ether oxygens (including phenoxy) is 1. The second-order valence-electron chi connectivity index (χ2n) is 4.07. The van der Waals surface area contributed by atoms with Crippen LogP contribution in [0.4, 0.5) is 0 Å². The molecule has 1 radical (unpaired) electrons. The van der Waals surface area contributed by atoms with E-state index < -0.39 is 6.04 Å². The van der Waals surface area contributed by atoms with Crippen molar-refractivity contribution < 1.29 is 9.53 Å². The predicted molar refractivity (Wildman–Crippen MR) is 73.5 cm³/mol. The average Bonchev–Trinajstić information content (AvgIpc) is 2.12. The summed E-state index contributed by atoms with van der Waals surface area (Å²) < 4.78 is 5.32. The summed E-state index contributed by atoms with van der Waals surface area (Å²) in [5.41, 5.74) is 0. The van der Waals surface area contributed by atoms with Gasteiger partial charge in [0.05, 0.1) is 6.61 Å². The molecule has 5 heteroatoms. The standard InChI is InChI=1S/C11H20NO2S2/c1-5-14-10(13)9(12-11(15)16)8(4)6-7(2)3/h8-9H,5-6H2,1-4H3,(H2,12,15,16). The Morgan fingerprint density at radius 1 is 1.50 bits per heavy atom. The lowest BCUT2D eigenvalue weighted by Crippen LogP contribution is -2.44. The molecule has 0 heterocycles. The summed E-state index contributed by atoms with van der Waals surface area (Å²) in [4.78, 5) is 11.7. The summed E-state index contributed by atoms with van der Waals surface area (Å²) in [6, 6.07) is -0.417. The maximum absolute atomic E-state index is 11.7. The molecular formula is C11H20NO2S2. The largest absolute Gasteiger partial charge is 0.464 e. The molecule has 0 spiro atoms. The van der Waals surface area contributed by atoms with Gasteiger partial charge in [0, 0.05) is 0 Å². The number of rotatable bonds is 6. The van der Waals surface area contributed by atoms with Crippen molar-refractivity contribution in [1.82, 2.24) is 5.32 Å². The number of hydrogen-bond acceptors (Lipinski definition) is 3. The molecule has 0 aliphatic carbocycles. The maximum Gasteiger partial charge on any atom is 0.328 e. The smallest absolute Gasteiger partial charge is 0.328 e. The molecule has 2 atom stereocenters. The number of carbonyl (C=O) groups is 1. The van der Waals surface area contributed by atoms with Crippen LogP contribution in [0, 0.1) is 11.8 Å². The van der Waals surface area contributed by atoms with Crippen molar-refractivity contribution in [2.45, 2.75) is 40.2 Å². The van der Waals surface area contributed by atoms with Gasteiger partial charge in [-0.3, -0.25) is 0 Å². The van der Waals surface area contributed by atoms with Gasteiger partial charge in [0.15, 0.2) is 0 Å². The van der Waals surface area contributed by atoms with E-state index in [4.69, 9.17) is 17.0 Å². The van der Waals surface area contributed by atoms with Gasteiger partial charge in [-0.25, -0.2) is 4.79 Å². The highest BCUT2D eigenvalue weighted by atomic mass is 32.1. The summed E-state index contributed by atoms with van der Waals surface area (Å²) in [6.45, 7) is 8.23. The van der Waals surface area contributed by atoms with Crippen molar-refractivity contribution in [3.05, 3.63) is 5.92 Å². The Bertz CT molecular complexity index is 244. The summed E-state index contributed by atoms with van der Waals surface area (Å²) in [7, 11) is 0. The lowest BCUT2D eigenvalue weighted by atomic mass is 9.92. The van der Waals surface area contributed by atoms with Gasteiger partial charge in [0.1, 0.15) is 10.4 Å². The van der Waals surface area contributed by atoms with Crippen molar-refractivity contribution in [2.24, 2.45) is 5.92 Å². The molecule has 0 aliphatic rings. The second-order valence-corrected chi connectivity index (χ2v) is 5.23. The second kappa shape index (κ2) is 7.90. The van der Waals surface area contributed by atoms with Crippen LogP contribution in [0.2, 0.25) is 0 Å². The van der Waals surface area contributed by atoms with Crippen molar-refractivity contribution in [3.8, 4) is 0 Å². The van der Waals surface area contributed by atoms with E-state index in [1.807, 2.05) is 20.8 Å². The van der Waals surface area contributed by atoms with Gasteiger partial charge < -0.3 is 10.1 Å². The van der Waals surface area contributed by atoms with Gasteiger partial charge in [-0.2, -0.15) is 0 Å². The van der Waals surface area contributed by atoms with Crippen LogP contribution in [-0.4, -0.2) is 22.9 Å². The van der Waals surface area contributed by atoms with Gasteiger partial charge >= 0.3 is 5.97 Å². The van der Waals surface area contributed by atoms with Gasteiger partial charge in [-0.15, -0.1) is 12.6 Å². The number of thiocarbonyl (C=S) groups is 1. The third-order valence-electron chi connectivity index (χ3n) is 2.12. The lowest BCUT2D eigenvalue weighted by Gasteiger charge is -2.24. The first-order valence-corrected chi connectivity index (χ1v) is 6.19. The number of esters is 1. The van der Waals surface area contributed by atoms with Crippen molar-refractivity contribution in [3.63, 3.8) is 0 Å². The lowest BCUT2D eigenvalue weighted by molar-refractivity contribution is -0.146. The van der Waals surface area contributed by atoms with Crippen LogP contribution in [0.3, 0.4) is 0 Å². The van der Waals surface area contributed by atoms with E-state index in [0.717, 1.165) is 6.42 Å². The monoisotopic (exact) mass is 262 g/mol. The number of nitrogens with one attached hydrogen (secondary N) is 1. The first-order valence-electron chi connectivity index (χ1n) is 5.33. The van der Waals surface area contributed by atoms with Crippen molar-refractivity contribution >= 4 is 35.1 Å². The summed E-state index contributed by atoms with van der Waals surface area (Å²) in [5.74, 6) is 1.13. The summed E-state index contributed by atoms with van der Waals surface area (Å²) >= 11 is 8.84. The van der Waals surface area contributed by atoms with Crippen LogP contribution >= 0.6 is 24.8 Å². The van der Waals surface area contributed by atoms with Gasteiger partial charge in [-0.1, -0.05) is 33.0 Å². The van der Waals surface area contributed by atoms with Crippen LogP contribution in [0.25, 0.3) is 0 Å². The highest BCUT2D eigenvalue weighted by molar-refractivity contribution is 8.11. The molecule has 1 N–H and O–H groups in total. The Labute approximate surface area is 109 Å². The minimum absolute atomic E-state index is 0.133. The number of hydrogen-bond donors (Lipinski definition) is 2. The minimum atomic E-state index is -0.417. The average molecular weight is 262 g/mol. The number of carbonyl (C=O) groups excluding carboxylic acids is 1. The minimum Gasteiger partial charge on any atom is -0.464 e. The third-order valence-corrected chi connectivity index (χ3v) is 2.37. The Morgan fingerprint density at radius 2 is 2.06 bits per heavy atom. The zero-order valence-corrected chi connectivity index (χ0v) is 12.0. The highest BCUT2D eigenvalue weighted by Crippen LogP contribution is 2.17. The maximum atomic E-state index is 11.7. The molecule has 3 nitrogen and oxygen atoms in total. The molecule has 16 heavy (non-hydrogen) atoms. The van der Waals surface area contributed by atoms with Gasteiger partial charge in [0.25, 0.3) is 0 Å². The van der Waals surface area contributed by atoms with E-state index in [1.54, 1.807) is 6.92 Å². The van der Waals surface area contributed by atoms with E-state index in [2.05, 4.69) is 17.9 Å². The Hall–Kier alpha value is -0.290. The molecule has 0 amide bonds. The molecule has 0 saturated heterocycles. The fraction of sp³-hybridized carbons (Fsp3) is 0.727. The molecule has 93 valence electrons. The van der Waals surface area contributed by atoms with Crippen LogP contribution in [0.5, 0.6) is 0 Å². The molecular weight excluding hydrogens is 242 g/mol. The van der Waals surface area contributed by atoms with Crippen LogP contribution in [0.15, 0.2) is 0 Å². The molecule has 0 saturated carbocycles. The molecule has 0 aromatic rings. The highest BCUT2D eigenvalue weighted by Gasteiger charge is 2.27. The van der Waals surface area contributed by atoms with Crippen LogP contribution in [-0.2, 0) is 9.53 Å². The Morgan fingerprint density at radius 3 is 2.44 bits per heavy atom. The van der Waals surface area contributed by atoms with Crippen molar-refractivity contribution in [2.75, 3.05) is 6.61 Å². The first-order chi connectivity index (χ1) is 7.38. The fourth-order valence-electron chi connectivity index (χ4n) is 1.56. The Balaban J connectivity index is 4.51. The predicted octanol–water partition coefficient (Wildman–Crippen LogP) is 2.36. The normalized spacial score (nSPS) is 14.4. The molecule has 0 fully saturated rings. The fourth-order valence-corrected chi connectivity index (χ4v) is 1.83. The topological polar surface area (TPSA) is 38.3 Å². The van der Waals surface area contributed by atoms with E-state index in [-0.39, 0.29) is 11.9 Å². The van der Waals surface area contributed by atoms with E-state index in [0.29, 0.717) is 10.9 Å². The molecule has 0 aromatic carbocycles. The van der Waals surface area contributed by atoms with Crippen molar-refractivity contribution in [1.29, 1.82) is 0 Å². The van der Waals surface area contributed by atoms with E-state index in [9.17, 15) is 4.79 Å². The van der Waals surface area contributed by atoms with E-state index >= 15 is 0 Å². The summed E-state index contributed by atoms with van der Waals surface area (Å²) in [6.07, 6.45) is 0.854.